The Labute approximate surface area is 156 Å². The van der Waals surface area contributed by atoms with Gasteiger partial charge in [0, 0.05) is 50.3 Å². The van der Waals surface area contributed by atoms with Crippen molar-refractivity contribution in [1.29, 1.82) is 0 Å². The number of carbonyl (C=O) groups is 1. The van der Waals surface area contributed by atoms with Crippen LogP contribution in [0.5, 0.6) is 0 Å². The molecule has 1 N–H and O–H groups in total. The van der Waals surface area contributed by atoms with Crippen molar-refractivity contribution in [2.24, 2.45) is 0 Å². The van der Waals surface area contributed by atoms with E-state index in [4.69, 9.17) is 4.74 Å². The van der Waals surface area contributed by atoms with Crippen LogP contribution in [0.4, 0.5) is 10.5 Å². The third-order valence-corrected chi connectivity index (χ3v) is 5.50. The predicted octanol–water partition coefficient (Wildman–Crippen LogP) is 3.89. The highest BCUT2D eigenvalue weighted by molar-refractivity contribution is 5.69. The van der Waals surface area contributed by atoms with E-state index in [9.17, 15) is 9.90 Å². The highest BCUT2D eigenvalue weighted by atomic mass is 16.6. The third kappa shape index (κ3) is 3.68. The standard InChI is InChI=1S/C21H32N2O3/c1-20(2,3)26-19(24)23-15-9-8-10-16(23)14-21(25,13-15)17-11-6-7-12-18(17)22(4)5/h6-7,11-12,15-16,25H,8-10,13-14H2,1-5H3. The molecule has 5 nitrogen and oxygen atoms in total. The number of benzene rings is 1. The van der Waals surface area contributed by atoms with E-state index in [1.807, 2.05) is 68.9 Å². The monoisotopic (exact) mass is 360 g/mol. The first-order chi connectivity index (χ1) is 12.1. The number of aliphatic hydroxyl groups is 1. The minimum absolute atomic E-state index is 0.0255. The number of anilines is 1. The summed E-state index contributed by atoms with van der Waals surface area (Å²) in [5.74, 6) is 0. The number of piperidine rings is 2. The number of hydrogen-bond acceptors (Lipinski definition) is 4. The van der Waals surface area contributed by atoms with Gasteiger partial charge in [-0.15, -0.1) is 0 Å². The number of rotatable bonds is 2. The van der Waals surface area contributed by atoms with Gasteiger partial charge < -0.3 is 19.6 Å². The molecule has 0 saturated carbocycles. The minimum Gasteiger partial charge on any atom is -0.444 e. The highest BCUT2D eigenvalue weighted by Gasteiger charge is 2.49. The normalized spacial score (nSPS) is 28.6. The van der Waals surface area contributed by atoms with Gasteiger partial charge in [-0.25, -0.2) is 4.79 Å². The van der Waals surface area contributed by atoms with Crippen LogP contribution in [-0.2, 0) is 10.3 Å². The van der Waals surface area contributed by atoms with E-state index in [1.54, 1.807) is 0 Å². The summed E-state index contributed by atoms with van der Waals surface area (Å²) in [4.78, 5) is 16.7. The number of hydrogen-bond donors (Lipinski definition) is 1. The molecule has 0 radical (unpaired) electrons. The van der Waals surface area contributed by atoms with E-state index in [2.05, 4.69) is 0 Å². The first-order valence-electron chi connectivity index (χ1n) is 9.61. The number of para-hydroxylation sites is 1. The molecular formula is C21H32N2O3. The van der Waals surface area contributed by atoms with Crippen LogP contribution in [0, 0.1) is 0 Å². The van der Waals surface area contributed by atoms with E-state index in [0.717, 1.165) is 30.5 Å². The Morgan fingerprint density at radius 1 is 1.19 bits per heavy atom. The van der Waals surface area contributed by atoms with Crippen molar-refractivity contribution >= 4 is 11.8 Å². The first-order valence-corrected chi connectivity index (χ1v) is 9.61. The van der Waals surface area contributed by atoms with E-state index in [-0.39, 0.29) is 18.2 Å². The van der Waals surface area contributed by atoms with Crippen molar-refractivity contribution in [3.05, 3.63) is 29.8 Å². The van der Waals surface area contributed by atoms with Gasteiger partial charge in [0.05, 0.1) is 5.60 Å². The van der Waals surface area contributed by atoms with Crippen molar-refractivity contribution in [2.75, 3.05) is 19.0 Å². The van der Waals surface area contributed by atoms with E-state index >= 15 is 0 Å². The molecule has 2 fully saturated rings. The summed E-state index contributed by atoms with van der Waals surface area (Å²) < 4.78 is 5.65. The molecule has 0 aromatic heterocycles. The topological polar surface area (TPSA) is 53.0 Å². The second-order valence-corrected chi connectivity index (χ2v) is 8.98. The lowest BCUT2D eigenvalue weighted by Crippen LogP contribution is -2.59. The maximum atomic E-state index is 12.8. The SMILES string of the molecule is CN(C)c1ccccc1C1(O)CC2CCCC(C1)N2C(=O)OC(C)(C)C. The van der Waals surface area contributed by atoms with Gasteiger partial charge >= 0.3 is 6.09 Å². The molecule has 1 amide bonds. The molecule has 5 heteroatoms. The smallest absolute Gasteiger partial charge is 0.410 e. The summed E-state index contributed by atoms with van der Waals surface area (Å²) in [6.07, 6.45) is 3.82. The molecule has 2 aliphatic rings. The van der Waals surface area contributed by atoms with Crippen molar-refractivity contribution in [2.45, 2.75) is 76.2 Å². The fourth-order valence-electron chi connectivity index (χ4n) is 4.52. The summed E-state index contributed by atoms with van der Waals surface area (Å²) in [7, 11) is 4.00. The van der Waals surface area contributed by atoms with Gasteiger partial charge in [0.1, 0.15) is 5.60 Å². The van der Waals surface area contributed by atoms with Gasteiger partial charge in [-0.3, -0.25) is 0 Å². The molecule has 0 aliphatic carbocycles. The molecule has 2 heterocycles. The predicted molar refractivity (Wildman–Crippen MR) is 103 cm³/mol. The van der Waals surface area contributed by atoms with Gasteiger partial charge in [0.15, 0.2) is 0 Å². The zero-order valence-corrected chi connectivity index (χ0v) is 16.7. The van der Waals surface area contributed by atoms with E-state index in [1.165, 1.54) is 0 Å². The second-order valence-electron chi connectivity index (χ2n) is 8.98. The quantitative estimate of drug-likeness (QED) is 0.869. The average molecular weight is 360 g/mol. The van der Waals surface area contributed by atoms with Crippen LogP contribution in [0.25, 0.3) is 0 Å². The maximum absolute atomic E-state index is 12.8. The summed E-state index contributed by atoms with van der Waals surface area (Å²) >= 11 is 0. The number of nitrogens with zero attached hydrogens (tertiary/aromatic N) is 2. The van der Waals surface area contributed by atoms with Crippen LogP contribution in [0.15, 0.2) is 24.3 Å². The summed E-state index contributed by atoms with van der Waals surface area (Å²) in [6.45, 7) is 5.69. The van der Waals surface area contributed by atoms with E-state index in [0.29, 0.717) is 12.8 Å². The summed E-state index contributed by atoms with van der Waals surface area (Å²) in [5, 5.41) is 11.6. The molecule has 2 unspecified atom stereocenters. The fraction of sp³-hybridized carbons (Fsp3) is 0.667. The Hall–Kier alpha value is -1.75. The van der Waals surface area contributed by atoms with Crippen LogP contribution in [0.3, 0.4) is 0 Å². The number of fused-ring (bicyclic) bond motifs is 2. The number of ether oxygens (including phenoxy) is 1. The number of carbonyl (C=O) groups excluding carboxylic acids is 1. The van der Waals surface area contributed by atoms with Crippen LogP contribution in [-0.4, -0.2) is 47.9 Å². The zero-order chi connectivity index (χ0) is 19.1. The maximum Gasteiger partial charge on any atom is 0.410 e. The van der Waals surface area contributed by atoms with Crippen LogP contribution in [0.2, 0.25) is 0 Å². The Kier molecular flexibility index (Phi) is 4.95. The Bertz CT molecular complexity index is 651. The van der Waals surface area contributed by atoms with Gasteiger partial charge in [-0.1, -0.05) is 18.2 Å². The summed E-state index contributed by atoms with van der Waals surface area (Å²) in [6, 6.07) is 8.10. The molecule has 2 aliphatic heterocycles. The van der Waals surface area contributed by atoms with E-state index < -0.39 is 11.2 Å². The highest BCUT2D eigenvalue weighted by Crippen LogP contribution is 2.46. The Morgan fingerprint density at radius 3 is 2.31 bits per heavy atom. The summed E-state index contributed by atoms with van der Waals surface area (Å²) in [5.41, 5.74) is 0.593. The van der Waals surface area contributed by atoms with Crippen LogP contribution in [0.1, 0.15) is 58.4 Å². The van der Waals surface area contributed by atoms with Crippen molar-refractivity contribution in [3.8, 4) is 0 Å². The lowest BCUT2D eigenvalue weighted by atomic mass is 9.72. The lowest BCUT2D eigenvalue weighted by molar-refractivity contribution is -0.0962. The lowest BCUT2D eigenvalue weighted by Gasteiger charge is -2.52. The average Bonchev–Trinajstić information content (AvgIpc) is 2.52. The number of amides is 1. The van der Waals surface area contributed by atoms with Gasteiger partial charge in [0.25, 0.3) is 0 Å². The first kappa shape index (κ1) is 19.0. The molecule has 1 aromatic carbocycles. The van der Waals surface area contributed by atoms with Gasteiger partial charge in [-0.2, -0.15) is 0 Å². The fourth-order valence-corrected chi connectivity index (χ4v) is 4.52. The molecule has 144 valence electrons. The molecule has 2 bridgehead atoms. The molecule has 1 aromatic rings. The molecule has 26 heavy (non-hydrogen) atoms. The Balaban J connectivity index is 1.89. The largest absolute Gasteiger partial charge is 0.444 e. The molecule has 2 atom stereocenters. The molecular weight excluding hydrogens is 328 g/mol. The minimum atomic E-state index is -0.908. The van der Waals surface area contributed by atoms with Gasteiger partial charge in [0.2, 0.25) is 0 Å². The van der Waals surface area contributed by atoms with Crippen molar-refractivity contribution in [1.82, 2.24) is 4.90 Å². The zero-order valence-electron chi connectivity index (χ0n) is 16.7. The third-order valence-electron chi connectivity index (χ3n) is 5.50. The molecule has 3 rings (SSSR count). The second kappa shape index (κ2) is 6.76. The molecule has 2 saturated heterocycles. The van der Waals surface area contributed by atoms with Crippen molar-refractivity contribution < 1.29 is 14.6 Å². The van der Waals surface area contributed by atoms with Gasteiger partial charge in [-0.05, 0) is 46.1 Å². The molecule has 0 spiro atoms. The van der Waals surface area contributed by atoms with Crippen LogP contribution >= 0.6 is 0 Å². The Morgan fingerprint density at radius 2 is 1.77 bits per heavy atom. The van der Waals surface area contributed by atoms with Crippen molar-refractivity contribution in [3.63, 3.8) is 0 Å². The van der Waals surface area contributed by atoms with Crippen LogP contribution < -0.4 is 4.90 Å².